The molecule has 0 bridgehead atoms. The van der Waals surface area contributed by atoms with E-state index in [2.05, 4.69) is 10.3 Å². The number of hydrogen-bond acceptors (Lipinski definition) is 6. The van der Waals surface area contributed by atoms with Crippen LogP contribution in [0.3, 0.4) is 0 Å². The van der Waals surface area contributed by atoms with E-state index in [1.54, 1.807) is 19.1 Å². The van der Waals surface area contributed by atoms with Crippen LogP contribution in [0, 0.1) is 6.92 Å². The number of aromatic nitrogens is 1. The van der Waals surface area contributed by atoms with Crippen LogP contribution in [0.4, 0.5) is 10.7 Å². The van der Waals surface area contributed by atoms with Crippen molar-refractivity contribution in [1.82, 2.24) is 4.98 Å². The number of carboxylic acid groups (broad SMARTS) is 1. The zero-order valence-corrected chi connectivity index (χ0v) is 12.4. The monoisotopic (exact) mass is 312 g/mol. The molecule has 0 saturated heterocycles. The van der Waals surface area contributed by atoms with E-state index >= 15 is 0 Å². The SMILES string of the molecule is Cc1nc(C(=O)O)c(Nc2cccc(S(C)(=O)=O)c2)s1. The smallest absolute Gasteiger partial charge is 0.357 e. The first-order valence-corrected chi connectivity index (χ1v) is 8.26. The van der Waals surface area contributed by atoms with E-state index in [-0.39, 0.29) is 10.6 Å². The average Bonchev–Trinajstić information content (AvgIpc) is 2.69. The first-order valence-electron chi connectivity index (χ1n) is 5.55. The summed E-state index contributed by atoms with van der Waals surface area (Å²) >= 11 is 1.20. The van der Waals surface area contributed by atoms with E-state index in [0.29, 0.717) is 15.7 Å². The lowest BCUT2D eigenvalue weighted by Crippen LogP contribution is -2.02. The van der Waals surface area contributed by atoms with Gasteiger partial charge >= 0.3 is 5.97 Å². The van der Waals surface area contributed by atoms with Crippen molar-refractivity contribution in [2.75, 3.05) is 11.6 Å². The van der Waals surface area contributed by atoms with Gasteiger partial charge in [-0.1, -0.05) is 6.07 Å². The fourth-order valence-electron chi connectivity index (χ4n) is 1.59. The van der Waals surface area contributed by atoms with Gasteiger partial charge in [-0.3, -0.25) is 0 Å². The summed E-state index contributed by atoms with van der Waals surface area (Å²) < 4.78 is 23.0. The Kier molecular flexibility index (Phi) is 3.78. The van der Waals surface area contributed by atoms with Gasteiger partial charge in [-0.05, 0) is 25.1 Å². The molecule has 2 rings (SSSR count). The van der Waals surface area contributed by atoms with Crippen molar-refractivity contribution < 1.29 is 18.3 Å². The van der Waals surface area contributed by atoms with E-state index in [0.717, 1.165) is 6.26 Å². The third-order valence-corrected chi connectivity index (χ3v) is 4.45. The van der Waals surface area contributed by atoms with Crippen molar-refractivity contribution in [3.63, 3.8) is 0 Å². The number of rotatable bonds is 4. The summed E-state index contributed by atoms with van der Waals surface area (Å²) in [6, 6.07) is 6.19. The Bertz CT molecular complexity index is 766. The van der Waals surface area contributed by atoms with Gasteiger partial charge in [0.25, 0.3) is 0 Å². The van der Waals surface area contributed by atoms with Gasteiger partial charge < -0.3 is 10.4 Å². The Hall–Kier alpha value is -1.93. The van der Waals surface area contributed by atoms with Crippen LogP contribution in [0.25, 0.3) is 0 Å². The molecule has 0 aliphatic heterocycles. The molecule has 0 radical (unpaired) electrons. The normalized spacial score (nSPS) is 11.3. The fraction of sp³-hybridized carbons (Fsp3) is 0.167. The Morgan fingerprint density at radius 1 is 1.40 bits per heavy atom. The van der Waals surface area contributed by atoms with E-state index in [9.17, 15) is 13.2 Å². The summed E-state index contributed by atoms with van der Waals surface area (Å²) in [5.41, 5.74) is 0.427. The van der Waals surface area contributed by atoms with Gasteiger partial charge in [0.2, 0.25) is 0 Å². The molecule has 0 fully saturated rings. The van der Waals surface area contributed by atoms with E-state index in [4.69, 9.17) is 5.11 Å². The molecule has 0 unspecified atom stereocenters. The maximum Gasteiger partial charge on any atom is 0.357 e. The lowest BCUT2D eigenvalue weighted by Gasteiger charge is -2.06. The summed E-state index contributed by atoms with van der Waals surface area (Å²) in [6.45, 7) is 1.70. The van der Waals surface area contributed by atoms with Crippen molar-refractivity contribution in [3.05, 3.63) is 35.0 Å². The quantitative estimate of drug-likeness (QED) is 0.899. The Labute approximate surface area is 120 Å². The topological polar surface area (TPSA) is 96.4 Å². The van der Waals surface area contributed by atoms with Crippen LogP contribution in [0.2, 0.25) is 0 Å². The van der Waals surface area contributed by atoms with Crippen LogP contribution in [0.15, 0.2) is 29.2 Å². The number of carboxylic acids is 1. The maximum absolute atomic E-state index is 11.5. The van der Waals surface area contributed by atoms with Crippen molar-refractivity contribution in [3.8, 4) is 0 Å². The first-order chi connectivity index (χ1) is 9.27. The molecule has 0 aliphatic rings. The lowest BCUT2D eigenvalue weighted by atomic mass is 10.3. The van der Waals surface area contributed by atoms with Gasteiger partial charge in [0.15, 0.2) is 15.5 Å². The fourth-order valence-corrected chi connectivity index (χ4v) is 3.09. The number of thiazole rings is 1. The molecule has 1 heterocycles. The first kappa shape index (κ1) is 14.5. The second kappa shape index (κ2) is 5.22. The molecule has 20 heavy (non-hydrogen) atoms. The molecule has 106 valence electrons. The minimum Gasteiger partial charge on any atom is -0.476 e. The highest BCUT2D eigenvalue weighted by atomic mass is 32.2. The Morgan fingerprint density at radius 3 is 2.70 bits per heavy atom. The molecule has 2 aromatic rings. The second-order valence-corrected chi connectivity index (χ2v) is 7.36. The highest BCUT2D eigenvalue weighted by Gasteiger charge is 2.16. The van der Waals surface area contributed by atoms with Crippen LogP contribution >= 0.6 is 11.3 Å². The number of aryl methyl sites for hydroxylation is 1. The Morgan fingerprint density at radius 2 is 2.10 bits per heavy atom. The van der Waals surface area contributed by atoms with Crippen molar-refractivity contribution in [2.24, 2.45) is 0 Å². The van der Waals surface area contributed by atoms with Crippen LogP contribution in [0.1, 0.15) is 15.5 Å². The summed E-state index contributed by atoms with van der Waals surface area (Å²) in [6.07, 6.45) is 1.12. The van der Waals surface area contributed by atoms with Crippen LogP contribution in [0.5, 0.6) is 0 Å². The molecular formula is C12H12N2O4S2. The van der Waals surface area contributed by atoms with Crippen LogP contribution in [-0.4, -0.2) is 30.7 Å². The number of nitrogens with zero attached hydrogens (tertiary/aromatic N) is 1. The highest BCUT2D eigenvalue weighted by molar-refractivity contribution is 7.90. The van der Waals surface area contributed by atoms with Crippen molar-refractivity contribution in [2.45, 2.75) is 11.8 Å². The molecule has 0 amide bonds. The second-order valence-electron chi connectivity index (χ2n) is 4.14. The molecule has 8 heteroatoms. The molecule has 0 saturated carbocycles. The Balaban J connectivity index is 2.38. The number of aromatic carboxylic acids is 1. The van der Waals surface area contributed by atoms with Crippen LogP contribution < -0.4 is 5.32 Å². The third-order valence-electron chi connectivity index (χ3n) is 2.46. The van der Waals surface area contributed by atoms with Gasteiger partial charge in [0.1, 0.15) is 5.00 Å². The molecule has 0 spiro atoms. The molecule has 0 aliphatic carbocycles. The number of sulfone groups is 1. The molecule has 0 atom stereocenters. The average molecular weight is 312 g/mol. The number of anilines is 2. The van der Waals surface area contributed by atoms with Gasteiger partial charge in [-0.15, -0.1) is 11.3 Å². The predicted octanol–water partition coefficient (Wildman–Crippen LogP) is 2.30. The zero-order valence-electron chi connectivity index (χ0n) is 10.7. The maximum atomic E-state index is 11.5. The van der Waals surface area contributed by atoms with E-state index < -0.39 is 15.8 Å². The minimum absolute atomic E-state index is 0.0720. The zero-order chi connectivity index (χ0) is 14.9. The summed E-state index contributed by atoms with van der Waals surface area (Å²) in [5, 5.41) is 12.9. The van der Waals surface area contributed by atoms with Gasteiger partial charge in [0, 0.05) is 11.9 Å². The molecule has 6 nitrogen and oxygen atoms in total. The van der Waals surface area contributed by atoms with Crippen molar-refractivity contribution >= 4 is 37.8 Å². The standard InChI is InChI=1S/C12H12N2O4S2/c1-7-13-10(12(15)16)11(19-7)14-8-4-3-5-9(6-8)20(2,17)18/h3-6,14H,1-2H3,(H,15,16). The lowest BCUT2D eigenvalue weighted by molar-refractivity contribution is 0.0692. The van der Waals surface area contributed by atoms with E-state index in [1.165, 1.54) is 23.5 Å². The molecule has 2 N–H and O–H groups in total. The van der Waals surface area contributed by atoms with Gasteiger partial charge in [-0.25, -0.2) is 18.2 Å². The van der Waals surface area contributed by atoms with Gasteiger partial charge in [-0.2, -0.15) is 0 Å². The van der Waals surface area contributed by atoms with Gasteiger partial charge in [0.05, 0.1) is 9.90 Å². The highest BCUT2D eigenvalue weighted by Crippen LogP contribution is 2.28. The van der Waals surface area contributed by atoms with E-state index in [1.807, 2.05) is 0 Å². The van der Waals surface area contributed by atoms with Crippen LogP contribution in [-0.2, 0) is 9.84 Å². The summed E-state index contributed by atoms with van der Waals surface area (Å²) in [4.78, 5) is 15.1. The number of carbonyl (C=O) groups is 1. The summed E-state index contributed by atoms with van der Waals surface area (Å²) in [5.74, 6) is -1.13. The number of hydrogen-bond donors (Lipinski definition) is 2. The largest absolute Gasteiger partial charge is 0.476 e. The number of benzene rings is 1. The van der Waals surface area contributed by atoms with Crippen molar-refractivity contribution in [1.29, 1.82) is 0 Å². The molecular weight excluding hydrogens is 300 g/mol. The minimum atomic E-state index is -3.31. The number of nitrogens with one attached hydrogen (secondary N) is 1. The summed E-state index contributed by atoms with van der Waals surface area (Å²) in [7, 11) is -3.31. The molecule has 1 aromatic carbocycles. The third kappa shape index (κ3) is 3.14. The molecule has 1 aromatic heterocycles. The predicted molar refractivity (Wildman–Crippen MR) is 76.6 cm³/mol.